The van der Waals surface area contributed by atoms with Crippen LogP contribution in [0, 0.1) is 5.92 Å². The van der Waals surface area contributed by atoms with Crippen LogP contribution in [-0.4, -0.2) is 52.4 Å². The molecule has 0 aliphatic heterocycles. The lowest BCUT2D eigenvalue weighted by molar-refractivity contribution is -0.173. The molecule has 3 heterocycles. The molecule has 1 aromatic carbocycles. The molecule has 2 N–H and O–H groups in total. The van der Waals surface area contributed by atoms with Crippen LogP contribution in [0.3, 0.4) is 0 Å². The molecule has 0 saturated carbocycles. The number of fused-ring (bicyclic) bond motifs is 4. The molecule has 4 aromatic rings. The van der Waals surface area contributed by atoms with Crippen LogP contribution in [0.15, 0.2) is 24.7 Å². The van der Waals surface area contributed by atoms with Gasteiger partial charge in [0, 0.05) is 29.3 Å². The SMILES string of the molecule is COc1cc2[nH]ncc2cc1Nc1ncnc2sc3c(c12)CCC(C(=O)N(C)OC)C3. The van der Waals surface area contributed by atoms with Crippen LogP contribution >= 0.6 is 11.3 Å². The quantitative estimate of drug-likeness (QED) is 0.460. The van der Waals surface area contributed by atoms with Crippen molar-refractivity contribution in [3.8, 4) is 5.75 Å². The Morgan fingerprint density at radius 2 is 2.19 bits per heavy atom. The van der Waals surface area contributed by atoms with Gasteiger partial charge in [-0.3, -0.25) is 14.7 Å². The molecule has 9 nitrogen and oxygen atoms in total. The minimum atomic E-state index is -0.0847. The van der Waals surface area contributed by atoms with E-state index in [2.05, 4.69) is 25.5 Å². The highest BCUT2D eigenvalue weighted by Gasteiger charge is 2.31. The summed E-state index contributed by atoms with van der Waals surface area (Å²) in [7, 11) is 4.80. The van der Waals surface area contributed by atoms with Crippen molar-refractivity contribution in [3.05, 3.63) is 35.1 Å². The highest BCUT2D eigenvalue weighted by Crippen LogP contribution is 2.41. The number of hydrogen-bond donors (Lipinski definition) is 2. The fourth-order valence-electron chi connectivity index (χ4n) is 4.13. The largest absolute Gasteiger partial charge is 0.494 e. The number of anilines is 2. The van der Waals surface area contributed by atoms with E-state index >= 15 is 0 Å². The van der Waals surface area contributed by atoms with Gasteiger partial charge in [0.15, 0.2) is 0 Å². The van der Waals surface area contributed by atoms with Gasteiger partial charge in [-0.2, -0.15) is 5.10 Å². The lowest BCUT2D eigenvalue weighted by Crippen LogP contribution is -2.34. The van der Waals surface area contributed by atoms with Crippen molar-refractivity contribution >= 4 is 49.9 Å². The number of H-pyrrole nitrogens is 1. The van der Waals surface area contributed by atoms with Crippen molar-refractivity contribution in [1.82, 2.24) is 25.2 Å². The minimum Gasteiger partial charge on any atom is -0.494 e. The molecule has 160 valence electrons. The molecule has 0 fully saturated rings. The second-order valence-corrected chi connectivity index (χ2v) is 8.58. The normalized spacial score (nSPS) is 15.8. The van der Waals surface area contributed by atoms with Crippen molar-refractivity contribution in [2.24, 2.45) is 5.92 Å². The van der Waals surface area contributed by atoms with Gasteiger partial charge >= 0.3 is 0 Å². The van der Waals surface area contributed by atoms with E-state index in [1.54, 1.807) is 38.0 Å². The molecule has 5 rings (SSSR count). The number of benzene rings is 1. The number of carbonyl (C=O) groups is 1. The summed E-state index contributed by atoms with van der Waals surface area (Å²) in [5.41, 5.74) is 2.93. The molecule has 1 aliphatic carbocycles. The number of thiophene rings is 1. The average molecular weight is 439 g/mol. The number of carbonyl (C=O) groups excluding carboxylic acids is 1. The molecule has 0 radical (unpaired) electrons. The summed E-state index contributed by atoms with van der Waals surface area (Å²) >= 11 is 1.63. The summed E-state index contributed by atoms with van der Waals surface area (Å²) in [5.74, 6) is 1.36. The van der Waals surface area contributed by atoms with E-state index in [0.29, 0.717) is 12.2 Å². The molecular weight excluding hydrogens is 416 g/mol. The first-order valence-electron chi connectivity index (χ1n) is 9.94. The predicted octanol–water partition coefficient (Wildman–Crippen LogP) is 3.44. The van der Waals surface area contributed by atoms with Gasteiger partial charge in [0.1, 0.15) is 22.7 Å². The number of methoxy groups -OCH3 is 1. The summed E-state index contributed by atoms with van der Waals surface area (Å²) < 4.78 is 5.57. The Hall–Kier alpha value is -3.24. The van der Waals surface area contributed by atoms with E-state index in [0.717, 1.165) is 45.5 Å². The summed E-state index contributed by atoms with van der Waals surface area (Å²) in [4.78, 5) is 28.8. The number of nitrogens with zero attached hydrogens (tertiary/aromatic N) is 4. The lowest BCUT2D eigenvalue weighted by atomic mass is 9.87. The van der Waals surface area contributed by atoms with Crippen LogP contribution < -0.4 is 10.1 Å². The second-order valence-electron chi connectivity index (χ2n) is 7.50. The number of rotatable bonds is 5. The number of amides is 1. The number of hydrogen-bond acceptors (Lipinski definition) is 8. The fourth-order valence-corrected chi connectivity index (χ4v) is 5.40. The standard InChI is InChI=1S/C21H22N6O3S/c1-27(30-3)21(28)11-4-5-13-17(7-11)31-20-18(13)19(22-10-23-20)25-15-6-12-9-24-26-14(12)8-16(15)29-2/h6,8-11H,4-5,7H2,1-3H3,(H,24,26)(H,22,23,25). The van der Waals surface area contributed by atoms with Crippen LogP contribution in [-0.2, 0) is 22.5 Å². The first-order valence-corrected chi connectivity index (χ1v) is 10.8. The Balaban J connectivity index is 1.52. The molecule has 0 bridgehead atoms. The van der Waals surface area contributed by atoms with Gasteiger partial charge in [-0.1, -0.05) is 0 Å². The minimum absolute atomic E-state index is 0.00758. The molecule has 0 saturated heterocycles. The van der Waals surface area contributed by atoms with Crippen molar-refractivity contribution in [2.75, 3.05) is 26.6 Å². The van der Waals surface area contributed by atoms with Gasteiger partial charge in [-0.15, -0.1) is 11.3 Å². The first kappa shape index (κ1) is 19.7. The molecule has 1 unspecified atom stereocenters. The summed E-state index contributed by atoms with van der Waals surface area (Å²) in [6.45, 7) is 0. The maximum atomic E-state index is 12.6. The van der Waals surface area contributed by atoms with Crippen molar-refractivity contribution < 1.29 is 14.4 Å². The van der Waals surface area contributed by atoms with E-state index in [1.165, 1.54) is 22.6 Å². The highest BCUT2D eigenvalue weighted by molar-refractivity contribution is 7.19. The number of ether oxygens (including phenoxy) is 1. The molecule has 31 heavy (non-hydrogen) atoms. The van der Waals surface area contributed by atoms with Gasteiger partial charge in [0.25, 0.3) is 0 Å². The maximum absolute atomic E-state index is 12.6. The van der Waals surface area contributed by atoms with Crippen molar-refractivity contribution in [1.29, 1.82) is 0 Å². The van der Waals surface area contributed by atoms with E-state index in [9.17, 15) is 4.79 Å². The molecule has 1 atom stereocenters. The highest BCUT2D eigenvalue weighted by atomic mass is 32.1. The lowest BCUT2D eigenvalue weighted by Gasteiger charge is -2.25. The van der Waals surface area contributed by atoms with Gasteiger partial charge < -0.3 is 10.1 Å². The molecular formula is C21H22N6O3S. The van der Waals surface area contributed by atoms with E-state index in [-0.39, 0.29) is 11.8 Å². The van der Waals surface area contributed by atoms with Gasteiger partial charge in [-0.05, 0) is 30.9 Å². The van der Waals surface area contributed by atoms with Crippen molar-refractivity contribution in [3.63, 3.8) is 0 Å². The third-order valence-electron chi connectivity index (χ3n) is 5.79. The Kier molecular flexibility index (Phi) is 4.95. The molecule has 0 spiro atoms. The zero-order chi connectivity index (χ0) is 21.5. The van der Waals surface area contributed by atoms with E-state index in [4.69, 9.17) is 9.57 Å². The molecule has 10 heteroatoms. The second kappa shape index (κ2) is 7.78. The van der Waals surface area contributed by atoms with Crippen LogP contribution in [0.4, 0.5) is 11.5 Å². The topological polar surface area (TPSA) is 105 Å². The predicted molar refractivity (Wildman–Crippen MR) is 119 cm³/mol. The number of hydroxylamine groups is 2. The zero-order valence-corrected chi connectivity index (χ0v) is 18.2. The summed E-state index contributed by atoms with van der Waals surface area (Å²) in [5, 5.41) is 13.8. The zero-order valence-electron chi connectivity index (χ0n) is 17.4. The molecule has 1 amide bonds. The smallest absolute Gasteiger partial charge is 0.249 e. The fraction of sp³-hybridized carbons (Fsp3) is 0.333. The number of aryl methyl sites for hydroxylation is 1. The third kappa shape index (κ3) is 3.37. The Morgan fingerprint density at radius 1 is 1.32 bits per heavy atom. The number of aromatic nitrogens is 4. The van der Waals surface area contributed by atoms with Crippen LogP contribution in [0.1, 0.15) is 16.9 Å². The summed E-state index contributed by atoms with van der Waals surface area (Å²) in [6.07, 6.45) is 5.59. The van der Waals surface area contributed by atoms with E-state index in [1.807, 2.05) is 12.1 Å². The van der Waals surface area contributed by atoms with Crippen LogP contribution in [0.5, 0.6) is 5.75 Å². The molecule has 3 aromatic heterocycles. The number of aromatic amines is 1. The van der Waals surface area contributed by atoms with Crippen molar-refractivity contribution in [2.45, 2.75) is 19.3 Å². The Bertz CT molecular complexity index is 1280. The number of nitrogens with one attached hydrogen (secondary N) is 2. The third-order valence-corrected chi connectivity index (χ3v) is 6.95. The average Bonchev–Trinajstić information content (AvgIpc) is 3.40. The monoisotopic (exact) mass is 438 g/mol. The first-order chi connectivity index (χ1) is 15.1. The van der Waals surface area contributed by atoms with Crippen LogP contribution in [0.2, 0.25) is 0 Å². The Morgan fingerprint density at radius 3 is 3.00 bits per heavy atom. The van der Waals surface area contributed by atoms with E-state index < -0.39 is 0 Å². The summed E-state index contributed by atoms with van der Waals surface area (Å²) in [6, 6.07) is 3.90. The van der Waals surface area contributed by atoms with Crippen LogP contribution in [0.25, 0.3) is 21.1 Å². The Labute approximate surface area is 182 Å². The van der Waals surface area contributed by atoms with Gasteiger partial charge in [-0.25, -0.2) is 15.0 Å². The van der Waals surface area contributed by atoms with Gasteiger partial charge in [0.2, 0.25) is 5.91 Å². The van der Waals surface area contributed by atoms with Gasteiger partial charge in [0.05, 0.1) is 37.0 Å². The molecule has 1 aliphatic rings. The maximum Gasteiger partial charge on any atom is 0.249 e.